The van der Waals surface area contributed by atoms with Crippen LogP contribution in [0.25, 0.3) is 10.9 Å². The minimum atomic E-state index is -0.250. The number of hydrogen-bond donors (Lipinski definition) is 2. The molecule has 3 heterocycles. The summed E-state index contributed by atoms with van der Waals surface area (Å²) >= 11 is 0. The van der Waals surface area contributed by atoms with E-state index in [4.69, 9.17) is 9.90 Å². The van der Waals surface area contributed by atoms with E-state index in [9.17, 15) is 4.79 Å². The van der Waals surface area contributed by atoms with Gasteiger partial charge in [0.15, 0.2) is 0 Å². The maximum atomic E-state index is 13.1. The summed E-state index contributed by atoms with van der Waals surface area (Å²) in [6.07, 6.45) is 5.56. The highest BCUT2D eigenvalue weighted by atomic mass is 16.3. The van der Waals surface area contributed by atoms with E-state index in [-0.39, 0.29) is 18.4 Å². The highest BCUT2D eigenvalue weighted by Gasteiger charge is 2.30. The summed E-state index contributed by atoms with van der Waals surface area (Å²) in [5.41, 5.74) is 2.76. The zero-order valence-electron chi connectivity index (χ0n) is 15.6. The van der Waals surface area contributed by atoms with Gasteiger partial charge in [-0.15, -0.1) is 0 Å². The second kappa shape index (κ2) is 8.94. The molecule has 1 atom stereocenters. The van der Waals surface area contributed by atoms with Crippen molar-refractivity contribution in [2.24, 2.45) is 0 Å². The first-order valence-corrected chi connectivity index (χ1v) is 9.05. The molecule has 1 aliphatic rings. The molecule has 28 heavy (non-hydrogen) atoms. The predicted octanol–water partition coefficient (Wildman–Crippen LogP) is 3.35. The third kappa shape index (κ3) is 4.09. The van der Waals surface area contributed by atoms with Gasteiger partial charge < -0.3 is 15.3 Å². The van der Waals surface area contributed by atoms with Crippen LogP contribution < -0.4 is 5.32 Å². The topological polar surface area (TPSA) is 95.4 Å². The van der Waals surface area contributed by atoms with Crippen LogP contribution in [-0.4, -0.2) is 45.9 Å². The molecule has 144 valence electrons. The zero-order chi connectivity index (χ0) is 19.9. The van der Waals surface area contributed by atoms with E-state index in [0.29, 0.717) is 0 Å². The van der Waals surface area contributed by atoms with Crippen LogP contribution in [0.1, 0.15) is 34.8 Å². The van der Waals surface area contributed by atoms with E-state index in [1.807, 2.05) is 54.4 Å². The van der Waals surface area contributed by atoms with Gasteiger partial charge in [0.05, 0.1) is 11.6 Å². The molecule has 0 spiro atoms. The van der Waals surface area contributed by atoms with Crippen molar-refractivity contribution in [3.63, 3.8) is 0 Å². The van der Waals surface area contributed by atoms with Gasteiger partial charge in [-0.05, 0) is 54.8 Å². The molecule has 0 aliphatic carbocycles. The molecule has 7 nitrogen and oxygen atoms in total. The summed E-state index contributed by atoms with van der Waals surface area (Å²) in [5.74, 6) is 0.907. The van der Waals surface area contributed by atoms with Crippen LogP contribution in [0, 0.1) is 0 Å². The molecule has 4 rings (SSSR count). The molecule has 1 fully saturated rings. The third-order valence-corrected chi connectivity index (χ3v) is 4.79. The van der Waals surface area contributed by atoms with Crippen LogP contribution in [0.3, 0.4) is 0 Å². The average Bonchev–Trinajstić information content (AvgIpc) is 3.23. The Kier molecular flexibility index (Phi) is 6.16. The van der Waals surface area contributed by atoms with Crippen molar-refractivity contribution in [1.82, 2.24) is 14.9 Å². The highest BCUT2D eigenvalue weighted by molar-refractivity contribution is 5.98. The lowest BCUT2D eigenvalue weighted by Crippen LogP contribution is -2.30. The van der Waals surface area contributed by atoms with Gasteiger partial charge in [-0.1, -0.05) is 6.07 Å². The lowest BCUT2D eigenvalue weighted by atomic mass is 10.0. The lowest BCUT2D eigenvalue weighted by molar-refractivity contribution is -0.122. The average molecular weight is 378 g/mol. The van der Waals surface area contributed by atoms with Gasteiger partial charge in [0, 0.05) is 36.9 Å². The quantitative estimate of drug-likeness (QED) is 0.679. The number of carbonyl (C=O) groups is 2. The first-order chi connectivity index (χ1) is 13.7. The number of benzene rings is 1. The Morgan fingerprint density at radius 3 is 2.82 bits per heavy atom. The van der Waals surface area contributed by atoms with Crippen LogP contribution in [0.4, 0.5) is 5.82 Å². The van der Waals surface area contributed by atoms with Gasteiger partial charge in [0.2, 0.25) is 0 Å². The first-order valence-electron chi connectivity index (χ1n) is 9.05. The van der Waals surface area contributed by atoms with Crippen molar-refractivity contribution in [2.75, 3.05) is 18.9 Å². The number of fused-ring (bicyclic) bond motifs is 1. The summed E-state index contributed by atoms with van der Waals surface area (Å²) in [4.78, 5) is 32.0. The number of nitrogens with one attached hydrogen (secondary N) is 1. The number of carbonyl (C=O) groups excluding carboxylic acids is 1. The van der Waals surface area contributed by atoms with Crippen LogP contribution >= 0.6 is 0 Å². The number of likely N-dealkylation sites (tertiary alicyclic amines) is 1. The Morgan fingerprint density at radius 2 is 2.04 bits per heavy atom. The second-order valence-corrected chi connectivity index (χ2v) is 6.40. The van der Waals surface area contributed by atoms with E-state index in [0.717, 1.165) is 47.2 Å². The summed E-state index contributed by atoms with van der Waals surface area (Å²) in [5, 5.41) is 10.9. The molecule has 2 N–H and O–H groups in total. The molecule has 1 saturated heterocycles. The second-order valence-electron chi connectivity index (χ2n) is 6.40. The van der Waals surface area contributed by atoms with Crippen molar-refractivity contribution in [3.8, 4) is 0 Å². The summed E-state index contributed by atoms with van der Waals surface area (Å²) in [6, 6.07) is 13.7. The largest absolute Gasteiger partial charge is 0.483 e. The minimum absolute atomic E-state index is 0.0797. The van der Waals surface area contributed by atoms with Gasteiger partial charge in [-0.3, -0.25) is 14.6 Å². The van der Waals surface area contributed by atoms with Crippen molar-refractivity contribution in [3.05, 3.63) is 66.0 Å². The van der Waals surface area contributed by atoms with Crippen molar-refractivity contribution in [1.29, 1.82) is 0 Å². The Morgan fingerprint density at radius 1 is 1.21 bits per heavy atom. The number of nitrogens with zero attached hydrogens (tertiary/aromatic N) is 3. The summed E-state index contributed by atoms with van der Waals surface area (Å²) < 4.78 is 0. The van der Waals surface area contributed by atoms with Crippen LogP contribution in [0.5, 0.6) is 0 Å². The maximum Gasteiger partial charge on any atom is 0.290 e. The van der Waals surface area contributed by atoms with Crippen LogP contribution in [0.15, 0.2) is 54.9 Å². The predicted molar refractivity (Wildman–Crippen MR) is 107 cm³/mol. The lowest BCUT2D eigenvalue weighted by Gasteiger charge is -2.25. The fourth-order valence-corrected chi connectivity index (χ4v) is 3.52. The van der Waals surface area contributed by atoms with Gasteiger partial charge in [-0.2, -0.15) is 0 Å². The van der Waals surface area contributed by atoms with Gasteiger partial charge >= 0.3 is 0 Å². The summed E-state index contributed by atoms with van der Waals surface area (Å²) in [7, 11) is 1.85. The van der Waals surface area contributed by atoms with Gasteiger partial charge in [0.25, 0.3) is 12.4 Å². The summed E-state index contributed by atoms with van der Waals surface area (Å²) in [6.45, 7) is 0.534. The number of carboxylic acid groups (broad SMARTS) is 1. The SMILES string of the molecule is CNc1cc(C2CCCN2C(=O)c2ccc3ncccc3c2)ccn1.O=CO. The van der Waals surface area contributed by atoms with Gasteiger partial charge in [-0.25, -0.2) is 4.98 Å². The standard InChI is InChI=1S/C20H20N4O.CH2O2/c1-21-19-13-15(8-10-23-19)18-5-3-11-24(18)20(25)16-6-7-17-14(12-16)4-2-9-22-17;2-1-3/h2,4,6-10,12-13,18H,3,5,11H2,1H3,(H,21,23);1H,(H,2,3). The Bertz CT molecular complexity index is 977. The number of hydrogen-bond acceptors (Lipinski definition) is 5. The zero-order valence-corrected chi connectivity index (χ0v) is 15.6. The normalized spacial score (nSPS) is 15.6. The molecule has 0 radical (unpaired) electrons. The Hall–Kier alpha value is -3.48. The number of amides is 1. The number of pyridine rings is 2. The number of rotatable bonds is 3. The molecule has 1 aliphatic heterocycles. The van der Waals surface area contributed by atoms with Crippen molar-refractivity contribution < 1.29 is 14.7 Å². The third-order valence-electron chi connectivity index (χ3n) is 4.79. The molecule has 2 aromatic heterocycles. The minimum Gasteiger partial charge on any atom is -0.483 e. The molecule has 0 saturated carbocycles. The van der Waals surface area contributed by atoms with E-state index < -0.39 is 0 Å². The monoisotopic (exact) mass is 378 g/mol. The van der Waals surface area contributed by atoms with Gasteiger partial charge in [0.1, 0.15) is 5.82 Å². The van der Waals surface area contributed by atoms with Crippen molar-refractivity contribution in [2.45, 2.75) is 18.9 Å². The Balaban J connectivity index is 0.000000706. The fourth-order valence-electron chi connectivity index (χ4n) is 3.52. The Labute approximate surface area is 163 Å². The number of aromatic nitrogens is 2. The fraction of sp³-hybridized carbons (Fsp3) is 0.238. The molecular weight excluding hydrogens is 356 g/mol. The molecule has 1 aromatic carbocycles. The molecule has 7 heteroatoms. The molecular formula is C21H22N4O3. The molecule has 3 aromatic rings. The maximum absolute atomic E-state index is 13.1. The molecule has 0 bridgehead atoms. The van der Waals surface area contributed by atoms with E-state index in [1.54, 1.807) is 12.4 Å². The smallest absolute Gasteiger partial charge is 0.290 e. The van der Waals surface area contributed by atoms with E-state index in [2.05, 4.69) is 15.3 Å². The molecule has 1 unspecified atom stereocenters. The van der Waals surface area contributed by atoms with E-state index in [1.165, 1.54) is 0 Å². The number of anilines is 1. The van der Waals surface area contributed by atoms with Crippen LogP contribution in [0.2, 0.25) is 0 Å². The highest BCUT2D eigenvalue weighted by Crippen LogP contribution is 2.34. The first kappa shape index (κ1) is 19.3. The van der Waals surface area contributed by atoms with Crippen LogP contribution in [-0.2, 0) is 4.79 Å². The van der Waals surface area contributed by atoms with E-state index >= 15 is 0 Å². The van der Waals surface area contributed by atoms with Crippen molar-refractivity contribution >= 4 is 29.1 Å². The molecule has 1 amide bonds.